The number of carbonyl (C=O) groups excluding carboxylic acids is 1. The van der Waals surface area contributed by atoms with E-state index in [-0.39, 0.29) is 12.7 Å². The summed E-state index contributed by atoms with van der Waals surface area (Å²) in [5.74, 6) is 1.14. The summed E-state index contributed by atoms with van der Waals surface area (Å²) in [6, 6.07) is 13.4. The van der Waals surface area contributed by atoms with Gasteiger partial charge in [-0.3, -0.25) is 9.69 Å². The van der Waals surface area contributed by atoms with Gasteiger partial charge in [-0.1, -0.05) is 23.7 Å². The molecule has 1 saturated heterocycles. The van der Waals surface area contributed by atoms with Crippen molar-refractivity contribution in [1.82, 2.24) is 9.80 Å². The molecule has 0 unspecified atom stereocenters. The second-order valence-electron chi connectivity index (χ2n) is 7.33. The first-order valence-electron chi connectivity index (χ1n) is 9.90. The summed E-state index contributed by atoms with van der Waals surface area (Å²) < 4.78 is 10.7. The highest BCUT2D eigenvalue weighted by molar-refractivity contribution is 6.32. The number of fused-ring (bicyclic) bond motifs is 1. The van der Waals surface area contributed by atoms with E-state index in [1.54, 1.807) is 18.2 Å². The average molecular weight is 424 g/mol. The van der Waals surface area contributed by atoms with E-state index < -0.39 is 0 Å². The minimum atomic E-state index is -0.0102. The number of nitrogens with zero attached hydrogens (tertiary/aromatic N) is 3. The van der Waals surface area contributed by atoms with Crippen molar-refractivity contribution in [2.24, 2.45) is 0 Å². The molecule has 0 saturated carbocycles. The van der Waals surface area contributed by atoms with E-state index in [1.165, 1.54) is 5.56 Å². The minimum absolute atomic E-state index is 0.0102. The summed E-state index contributed by atoms with van der Waals surface area (Å²) in [7, 11) is 0. The van der Waals surface area contributed by atoms with E-state index in [9.17, 15) is 4.79 Å². The molecule has 6 nitrogen and oxygen atoms in total. The lowest BCUT2D eigenvalue weighted by atomic mass is 10.1. The second kappa shape index (κ2) is 9.21. The van der Waals surface area contributed by atoms with E-state index >= 15 is 0 Å². The van der Waals surface area contributed by atoms with E-state index in [4.69, 9.17) is 26.3 Å². The summed E-state index contributed by atoms with van der Waals surface area (Å²) in [6.07, 6.45) is 4.27. The molecule has 2 aromatic carbocycles. The Labute approximate surface area is 180 Å². The first-order chi connectivity index (χ1) is 14.6. The van der Waals surface area contributed by atoms with Crippen molar-refractivity contribution < 1.29 is 14.3 Å². The summed E-state index contributed by atoms with van der Waals surface area (Å²) in [5.41, 5.74) is 2.64. The molecule has 2 aromatic rings. The maximum Gasteiger partial charge on any atom is 0.246 e. The van der Waals surface area contributed by atoms with Crippen LogP contribution in [0.25, 0.3) is 6.08 Å². The number of nitriles is 1. The van der Waals surface area contributed by atoms with E-state index in [0.717, 1.165) is 38.2 Å². The molecule has 2 heterocycles. The predicted molar refractivity (Wildman–Crippen MR) is 114 cm³/mol. The molecule has 7 heteroatoms. The van der Waals surface area contributed by atoms with Crippen LogP contribution in [0.1, 0.15) is 23.1 Å². The summed E-state index contributed by atoms with van der Waals surface area (Å²) in [4.78, 5) is 16.9. The number of ether oxygens (including phenoxy) is 2. The SMILES string of the molecule is N#Cc1ccc(CN2CCCN(C(=O)/C=C/c3cc(Cl)c4c(c3)OCO4)CC2)cc1. The third-order valence-electron chi connectivity index (χ3n) is 5.26. The quantitative estimate of drug-likeness (QED) is 0.702. The van der Waals surface area contributed by atoms with E-state index in [2.05, 4.69) is 11.0 Å². The van der Waals surface area contributed by atoms with Crippen LogP contribution in [0.3, 0.4) is 0 Å². The second-order valence-corrected chi connectivity index (χ2v) is 7.74. The summed E-state index contributed by atoms with van der Waals surface area (Å²) in [5, 5.41) is 9.39. The molecular formula is C23H22ClN3O3. The molecule has 154 valence electrons. The predicted octanol–water partition coefficient (Wildman–Crippen LogP) is 3.69. The number of benzene rings is 2. The number of halogens is 1. The number of rotatable bonds is 4. The Morgan fingerprint density at radius 2 is 1.97 bits per heavy atom. The van der Waals surface area contributed by atoms with Gasteiger partial charge in [-0.15, -0.1) is 0 Å². The molecule has 1 amide bonds. The molecular weight excluding hydrogens is 402 g/mol. The van der Waals surface area contributed by atoms with Gasteiger partial charge in [-0.2, -0.15) is 5.26 Å². The van der Waals surface area contributed by atoms with Crippen molar-refractivity contribution in [3.63, 3.8) is 0 Å². The minimum Gasteiger partial charge on any atom is -0.454 e. The van der Waals surface area contributed by atoms with Crippen molar-refractivity contribution in [3.05, 3.63) is 64.2 Å². The van der Waals surface area contributed by atoms with Gasteiger partial charge in [0.2, 0.25) is 12.7 Å². The van der Waals surface area contributed by atoms with Gasteiger partial charge < -0.3 is 14.4 Å². The van der Waals surface area contributed by atoms with Gasteiger partial charge in [0, 0.05) is 38.8 Å². The molecule has 0 N–H and O–H groups in total. The van der Waals surface area contributed by atoms with Crippen LogP contribution in [0, 0.1) is 11.3 Å². The lowest BCUT2D eigenvalue weighted by Gasteiger charge is -2.21. The highest BCUT2D eigenvalue weighted by atomic mass is 35.5. The molecule has 0 radical (unpaired) electrons. The Hall–Kier alpha value is -3.01. The van der Waals surface area contributed by atoms with Crippen LogP contribution in [-0.2, 0) is 11.3 Å². The van der Waals surface area contributed by atoms with Gasteiger partial charge in [-0.25, -0.2) is 0 Å². The zero-order valence-electron chi connectivity index (χ0n) is 16.5. The number of hydrogen-bond acceptors (Lipinski definition) is 5. The smallest absolute Gasteiger partial charge is 0.246 e. The molecule has 2 aliphatic rings. The zero-order valence-corrected chi connectivity index (χ0v) is 17.3. The summed E-state index contributed by atoms with van der Waals surface area (Å²) >= 11 is 6.20. The summed E-state index contributed by atoms with van der Waals surface area (Å²) in [6.45, 7) is 4.14. The topological polar surface area (TPSA) is 65.8 Å². The van der Waals surface area contributed by atoms with Gasteiger partial charge in [-0.05, 0) is 47.9 Å². The first kappa shape index (κ1) is 20.3. The largest absolute Gasteiger partial charge is 0.454 e. The third-order valence-corrected chi connectivity index (χ3v) is 5.54. The molecule has 4 rings (SSSR count). The molecule has 0 spiro atoms. The molecule has 0 atom stereocenters. The molecule has 0 aromatic heterocycles. The highest BCUT2D eigenvalue weighted by Gasteiger charge is 2.19. The van der Waals surface area contributed by atoms with Gasteiger partial charge >= 0.3 is 0 Å². The lowest BCUT2D eigenvalue weighted by molar-refractivity contribution is -0.125. The zero-order chi connectivity index (χ0) is 20.9. The van der Waals surface area contributed by atoms with Crippen molar-refractivity contribution in [1.29, 1.82) is 5.26 Å². The normalized spacial score (nSPS) is 16.5. The Balaban J connectivity index is 1.33. The van der Waals surface area contributed by atoms with Gasteiger partial charge in [0.25, 0.3) is 0 Å². The fraction of sp³-hybridized carbons (Fsp3) is 0.304. The van der Waals surface area contributed by atoms with Crippen molar-refractivity contribution in [3.8, 4) is 17.6 Å². The fourth-order valence-electron chi connectivity index (χ4n) is 3.65. The van der Waals surface area contributed by atoms with Gasteiger partial charge in [0.15, 0.2) is 11.5 Å². The number of carbonyl (C=O) groups is 1. The van der Waals surface area contributed by atoms with Gasteiger partial charge in [0.1, 0.15) is 0 Å². The van der Waals surface area contributed by atoms with Crippen molar-refractivity contribution in [2.45, 2.75) is 13.0 Å². The molecule has 30 heavy (non-hydrogen) atoms. The Morgan fingerprint density at radius 3 is 2.77 bits per heavy atom. The number of amides is 1. The van der Waals surface area contributed by atoms with Crippen LogP contribution < -0.4 is 9.47 Å². The maximum absolute atomic E-state index is 12.7. The van der Waals surface area contributed by atoms with Crippen LogP contribution in [0.5, 0.6) is 11.5 Å². The Kier molecular flexibility index (Phi) is 6.22. The molecule has 0 aliphatic carbocycles. The van der Waals surface area contributed by atoms with Crippen LogP contribution in [0.4, 0.5) is 0 Å². The Morgan fingerprint density at radius 1 is 1.13 bits per heavy atom. The van der Waals surface area contributed by atoms with E-state index in [0.29, 0.717) is 28.6 Å². The van der Waals surface area contributed by atoms with Gasteiger partial charge in [0.05, 0.1) is 16.7 Å². The lowest BCUT2D eigenvalue weighted by Crippen LogP contribution is -2.34. The first-order valence-corrected chi connectivity index (χ1v) is 10.3. The van der Waals surface area contributed by atoms with E-state index in [1.807, 2.05) is 35.2 Å². The molecule has 2 aliphatic heterocycles. The van der Waals surface area contributed by atoms with Crippen LogP contribution in [-0.4, -0.2) is 48.7 Å². The third kappa shape index (κ3) is 4.76. The maximum atomic E-state index is 12.7. The Bertz CT molecular complexity index is 998. The standard InChI is InChI=1S/C23H22ClN3O3/c24-20-12-19(13-21-23(20)30-16-29-21)6-7-22(28)27-9-1-8-26(10-11-27)15-18-4-2-17(14-25)3-5-18/h2-7,12-13H,1,8-11,15-16H2/b7-6+. The van der Waals surface area contributed by atoms with Crippen LogP contribution in [0.15, 0.2) is 42.5 Å². The molecule has 1 fully saturated rings. The average Bonchev–Trinajstić information content (AvgIpc) is 3.12. The number of hydrogen-bond donors (Lipinski definition) is 0. The van der Waals surface area contributed by atoms with Crippen LogP contribution in [0.2, 0.25) is 5.02 Å². The fourth-order valence-corrected chi connectivity index (χ4v) is 3.92. The highest BCUT2D eigenvalue weighted by Crippen LogP contribution is 2.40. The van der Waals surface area contributed by atoms with Crippen molar-refractivity contribution in [2.75, 3.05) is 33.0 Å². The monoisotopic (exact) mass is 423 g/mol. The molecule has 0 bridgehead atoms. The van der Waals surface area contributed by atoms with Crippen molar-refractivity contribution >= 4 is 23.6 Å². The van der Waals surface area contributed by atoms with Crippen LogP contribution >= 0.6 is 11.6 Å².